The van der Waals surface area contributed by atoms with Crippen LogP contribution in [0.5, 0.6) is 0 Å². The molecule has 0 atom stereocenters. The van der Waals surface area contributed by atoms with Gasteiger partial charge < -0.3 is 0 Å². The zero-order valence-corrected chi connectivity index (χ0v) is 15.9. The van der Waals surface area contributed by atoms with E-state index >= 15 is 0 Å². The normalized spacial score (nSPS) is 11.8. The van der Waals surface area contributed by atoms with E-state index < -0.39 is 0 Å². The number of nitrogens with zero attached hydrogens (tertiary/aromatic N) is 1. The summed E-state index contributed by atoms with van der Waals surface area (Å²) in [7, 11) is 0. The van der Waals surface area contributed by atoms with Crippen LogP contribution in [0.2, 0.25) is 5.02 Å². The van der Waals surface area contributed by atoms with E-state index in [1.807, 2.05) is 17.6 Å². The summed E-state index contributed by atoms with van der Waals surface area (Å²) in [6.45, 7) is 2.08. The molecule has 0 saturated heterocycles. The Balaban J connectivity index is 2.23. The van der Waals surface area contributed by atoms with Crippen molar-refractivity contribution >= 4 is 54.8 Å². The van der Waals surface area contributed by atoms with Crippen LogP contribution in [0.1, 0.15) is 22.6 Å². The summed E-state index contributed by atoms with van der Waals surface area (Å²) < 4.78 is 0. The van der Waals surface area contributed by atoms with Crippen molar-refractivity contribution in [1.82, 2.24) is 4.98 Å². The number of thiazole rings is 1. The van der Waals surface area contributed by atoms with Crippen molar-refractivity contribution in [3.05, 3.63) is 50.9 Å². The lowest BCUT2D eigenvalue weighted by atomic mass is 9.80. The third-order valence-electron chi connectivity index (χ3n) is 3.62. The van der Waals surface area contributed by atoms with Crippen molar-refractivity contribution in [2.24, 2.45) is 0 Å². The van der Waals surface area contributed by atoms with Gasteiger partial charge in [-0.05, 0) is 37.5 Å². The molecule has 2 aromatic rings. The van der Waals surface area contributed by atoms with E-state index in [0.717, 1.165) is 34.2 Å². The van der Waals surface area contributed by atoms with E-state index in [2.05, 4.69) is 55.9 Å². The Kier molecular flexibility index (Phi) is 6.09. The second kappa shape index (κ2) is 7.39. The van der Waals surface area contributed by atoms with Crippen molar-refractivity contribution < 1.29 is 0 Å². The van der Waals surface area contributed by atoms with Crippen LogP contribution in [0.25, 0.3) is 0 Å². The molecule has 0 aliphatic heterocycles. The molecule has 0 spiro atoms. The van der Waals surface area contributed by atoms with E-state index in [9.17, 15) is 0 Å². The molecule has 0 aliphatic rings. The van der Waals surface area contributed by atoms with Gasteiger partial charge >= 0.3 is 0 Å². The Morgan fingerprint density at radius 1 is 1.30 bits per heavy atom. The molecule has 0 fully saturated rings. The van der Waals surface area contributed by atoms with E-state index in [0.29, 0.717) is 0 Å². The Hall–Kier alpha value is 0.1000. The van der Waals surface area contributed by atoms with Crippen molar-refractivity contribution in [2.75, 3.05) is 10.7 Å². The standard InChI is InChI=1S/C15H16Br2ClNS/c1-11-14(20-10-19-11)5-6-15(8-16,9-17)12-3-2-4-13(18)7-12/h2-4,7,10H,5-6,8-9H2,1H3. The van der Waals surface area contributed by atoms with E-state index in [4.69, 9.17) is 11.6 Å². The lowest BCUT2D eigenvalue weighted by Crippen LogP contribution is -2.31. The van der Waals surface area contributed by atoms with Crippen LogP contribution < -0.4 is 0 Å². The molecule has 1 nitrogen and oxygen atoms in total. The van der Waals surface area contributed by atoms with E-state index in [1.165, 1.54) is 10.4 Å². The highest BCUT2D eigenvalue weighted by atomic mass is 79.9. The van der Waals surface area contributed by atoms with Crippen LogP contribution in [0.15, 0.2) is 29.8 Å². The molecule has 1 heterocycles. The topological polar surface area (TPSA) is 12.9 Å². The number of aromatic nitrogens is 1. The summed E-state index contributed by atoms with van der Waals surface area (Å²) in [6, 6.07) is 8.18. The van der Waals surface area contributed by atoms with Gasteiger partial charge in [-0.1, -0.05) is 55.6 Å². The van der Waals surface area contributed by atoms with Gasteiger partial charge in [-0.3, -0.25) is 0 Å². The first kappa shape index (κ1) is 16.5. The van der Waals surface area contributed by atoms with Crippen molar-refractivity contribution in [3.63, 3.8) is 0 Å². The fourth-order valence-electron chi connectivity index (χ4n) is 2.21. The van der Waals surface area contributed by atoms with Crippen molar-refractivity contribution in [3.8, 4) is 0 Å². The number of halogens is 3. The highest BCUT2D eigenvalue weighted by Crippen LogP contribution is 2.35. The molecule has 20 heavy (non-hydrogen) atoms. The molecule has 108 valence electrons. The van der Waals surface area contributed by atoms with E-state index in [1.54, 1.807) is 11.3 Å². The minimum atomic E-state index is 0.0569. The van der Waals surface area contributed by atoms with Crippen LogP contribution in [0.4, 0.5) is 0 Å². The van der Waals surface area contributed by atoms with Crippen LogP contribution in [0.3, 0.4) is 0 Å². The highest BCUT2D eigenvalue weighted by molar-refractivity contribution is 9.09. The lowest BCUT2D eigenvalue weighted by molar-refractivity contribution is 0.506. The number of rotatable bonds is 6. The van der Waals surface area contributed by atoms with Gasteiger partial charge in [-0.25, -0.2) is 4.98 Å². The van der Waals surface area contributed by atoms with Gasteiger partial charge in [0.2, 0.25) is 0 Å². The van der Waals surface area contributed by atoms with Crippen LogP contribution in [-0.2, 0) is 11.8 Å². The Labute approximate surface area is 146 Å². The quantitative estimate of drug-likeness (QED) is 0.523. The first-order valence-corrected chi connectivity index (χ1v) is 9.88. The Morgan fingerprint density at radius 3 is 2.60 bits per heavy atom. The zero-order chi connectivity index (χ0) is 14.6. The molecule has 1 aromatic carbocycles. The summed E-state index contributed by atoms with van der Waals surface area (Å²) in [5.41, 5.74) is 4.41. The number of alkyl halides is 2. The molecule has 0 N–H and O–H groups in total. The van der Waals surface area contributed by atoms with Crippen LogP contribution in [0, 0.1) is 6.92 Å². The molecule has 2 rings (SSSR count). The fraction of sp³-hybridized carbons (Fsp3) is 0.400. The van der Waals surface area contributed by atoms with Gasteiger partial charge in [0, 0.05) is 26.0 Å². The van der Waals surface area contributed by atoms with Crippen molar-refractivity contribution in [1.29, 1.82) is 0 Å². The average molecular weight is 438 g/mol. The largest absolute Gasteiger partial charge is 0.250 e. The number of hydrogen-bond acceptors (Lipinski definition) is 2. The molecule has 0 saturated carbocycles. The predicted octanol–water partition coefficient (Wildman–Crippen LogP) is 5.77. The summed E-state index contributed by atoms with van der Waals surface area (Å²) in [4.78, 5) is 5.70. The second-order valence-electron chi connectivity index (χ2n) is 4.92. The maximum absolute atomic E-state index is 6.15. The van der Waals surface area contributed by atoms with Crippen LogP contribution >= 0.6 is 54.8 Å². The van der Waals surface area contributed by atoms with Crippen molar-refractivity contribution in [2.45, 2.75) is 25.2 Å². The monoisotopic (exact) mass is 435 g/mol. The van der Waals surface area contributed by atoms with Gasteiger partial charge in [0.1, 0.15) is 0 Å². The zero-order valence-electron chi connectivity index (χ0n) is 11.2. The maximum atomic E-state index is 6.15. The SMILES string of the molecule is Cc1ncsc1CCC(CBr)(CBr)c1cccc(Cl)c1. The van der Waals surface area contributed by atoms with Crippen LogP contribution in [-0.4, -0.2) is 15.6 Å². The first-order chi connectivity index (χ1) is 9.61. The average Bonchev–Trinajstić information content (AvgIpc) is 2.86. The predicted molar refractivity (Wildman–Crippen MR) is 95.9 cm³/mol. The molecular formula is C15H16Br2ClNS. The third-order valence-corrected chi connectivity index (χ3v) is 7.00. The van der Waals surface area contributed by atoms with Gasteiger partial charge in [0.15, 0.2) is 0 Å². The first-order valence-electron chi connectivity index (χ1n) is 6.38. The lowest BCUT2D eigenvalue weighted by Gasteiger charge is -2.31. The van der Waals surface area contributed by atoms with Gasteiger partial charge in [0.25, 0.3) is 0 Å². The second-order valence-corrected chi connectivity index (χ2v) is 7.42. The molecule has 0 unspecified atom stereocenters. The minimum absolute atomic E-state index is 0.0569. The minimum Gasteiger partial charge on any atom is -0.250 e. The number of aryl methyl sites for hydroxylation is 2. The Bertz CT molecular complexity index is 567. The van der Waals surface area contributed by atoms with Gasteiger partial charge in [-0.15, -0.1) is 11.3 Å². The molecule has 0 radical (unpaired) electrons. The van der Waals surface area contributed by atoms with Gasteiger partial charge in [0.05, 0.1) is 11.2 Å². The molecule has 0 amide bonds. The third kappa shape index (κ3) is 3.65. The molecular weight excluding hydrogens is 422 g/mol. The summed E-state index contributed by atoms with van der Waals surface area (Å²) in [5, 5.41) is 2.61. The summed E-state index contributed by atoms with van der Waals surface area (Å²) in [6.07, 6.45) is 2.10. The van der Waals surface area contributed by atoms with E-state index in [-0.39, 0.29) is 5.41 Å². The number of benzene rings is 1. The molecule has 0 aliphatic carbocycles. The molecule has 0 bridgehead atoms. The smallest absolute Gasteiger partial charge is 0.0797 e. The molecule has 1 aromatic heterocycles. The molecule has 5 heteroatoms. The maximum Gasteiger partial charge on any atom is 0.0797 e. The highest BCUT2D eigenvalue weighted by Gasteiger charge is 2.30. The fourth-order valence-corrected chi connectivity index (χ4v) is 5.31. The number of hydrogen-bond donors (Lipinski definition) is 0. The summed E-state index contributed by atoms with van der Waals surface area (Å²) in [5.74, 6) is 0. The van der Waals surface area contributed by atoms with Gasteiger partial charge in [-0.2, -0.15) is 0 Å². The summed E-state index contributed by atoms with van der Waals surface area (Å²) >= 11 is 15.3. The Morgan fingerprint density at radius 2 is 2.05 bits per heavy atom.